The largest absolute Gasteiger partial charge is 0.464 e. The molecular formula is C7H7IN2O4. The Morgan fingerprint density at radius 2 is 1.93 bits per heavy atom. The van der Waals surface area contributed by atoms with Gasteiger partial charge in [0.15, 0.2) is 11.4 Å². The van der Waals surface area contributed by atoms with E-state index in [9.17, 15) is 9.59 Å². The number of rotatable bonds is 2. The summed E-state index contributed by atoms with van der Waals surface area (Å²) in [6.45, 7) is 0. The van der Waals surface area contributed by atoms with Crippen LogP contribution in [-0.4, -0.2) is 33.9 Å². The highest BCUT2D eigenvalue weighted by molar-refractivity contribution is 14.1. The van der Waals surface area contributed by atoms with Gasteiger partial charge in [-0.3, -0.25) is 2.78 Å². The molecule has 0 radical (unpaired) electrons. The summed E-state index contributed by atoms with van der Waals surface area (Å²) in [7, 11) is 2.45. The van der Waals surface area contributed by atoms with E-state index in [4.69, 9.17) is 0 Å². The topological polar surface area (TPSA) is 70.4 Å². The Balaban J connectivity index is 3.19. The fraction of sp³-hybridized carbons (Fsp3) is 0.286. The van der Waals surface area contributed by atoms with Gasteiger partial charge in [-0.05, 0) is 0 Å². The number of aromatic nitrogens is 2. The first kappa shape index (κ1) is 11.0. The van der Waals surface area contributed by atoms with E-state index >= 15 is 0 Å². The van der Waals surface area contributed by atoms with Gasteiger partial charge in [0.1, 0.15) is 6.33 Å². The Bertz CT molecular complexity index is 374. The third kappa shape index (κ3) is 1.86. The van der Waals surface area contributed by atoms with Crippen LogP contribution in [0.2, 0.25) is 0 Å². The van der Waals surface area contributed by atoms with Crippen molar-refractivity contribution in [2.75, 3.05) is 14.2 Å². The Morgan fingerprint density at radius 1 is 1.36 bits per heavy atom. The molecule has 0 amide bonds. The number of carbonyl (C=O) groups excluding carboxylic acids is 2. The van der Waals surface area contributed by atoms with Crippen molar-refractivity contribution in [3.05, 3.63) is 17.7 Å². The van der Waals surface area contributed by atoms with Gasteiger partial charge in [-0.25, -0.2) is 14.6 Å². The second kappa shape index (κ2) is 4.40. The maximum absolute atomic E-state index is 11.2. The molecule has 0 aliphatic heterocycles. The van der Waals surface area contributed by atoms with Crippen LogP contribution in [0.5, 0.6) is 0 Å². The predicted molar refractivity (Wildman–Crippen MR) is 54.3 cm³/mol. The van der Waals surface area contributed by atoms with Crippen molar-refractivity contribution < 1.29 is 19.1 Å². The van der Waals surface area contributed by atoms with Gasteiger partial charge in [0, 0.05) is 0 Å². The normalized spacial score (nSPS) is 9.64. The van der Waals surface area contributed by atoms with E-state index in [1.54, 1.807) is 0 Å². The third-order valence-corrected chi connectivity index (χ3v) is 2.22. The lowest BCUT2D eigenvalue weighted by molar-refractivity contribution is 0.0547. The zero-order chi connectivity index (χ0) is 10.7. The number of methoxy groups -OCH3 is 2. The van der Waals surface area contributed by atoms with Crippen LogP contribution < -0.4 is 0 Å². The predicted octanol–water partition coefficient (Wildman–Crippen LogP) is 0.654. The lowest BCUT2D eigenvalue weighted by atomic mass is 10.3. The molecule has 0 spiro atoms. The van der Waals surface area contributed by atoms with Crippen molar-refractivity contribution in [1.82, 2.24) is 7.76 Å². The zero-order valence-corrected chi connectivity index (χ0v) is 9.64. The van der Waals surface area contributed by atoms with Crippen LogP contribution in [0.25, 0.3) is 0 Å². The highest BCUT2D eigenvalue weighted by Crippen LogP contribution is 2.12. The molecule has 76 valence electrons. The van der Waals surface area contributed by atoms with Gasteiger partial charge >= 0.3 is 11.9 Å². The number of ether oxygens (including phenoxy) is 2. The summed E-state index contributed by atoms with van der Waals surface area (Å²) in [6, 6.07) is 0. The molecule has 1 aromatic rings. The first-order chi connectivity index (χ1) is 6.61. The second-order valence-electron chi connectivity index (χ2n) is 2.24. The Morgan fingerprint density at radius 3 is 2.43 bits per heavy atom. The number of imidazole rings is 1. The number of nitrogens with zero attached hydrogens (tertiary/aromatic N) is 2. The molecule has 0 aliphatic carbocycles. The molecule has 1 heterocycles. The van der Waals surface area contributed by atoms with E-state index < -0.39 is 11.9 Å². The molecule has 0 aliphatic rings. The minimum atomic E-state index is -0.666. The third-order valence-electron chi connectivity index (χ3n) is 1.48. The molecule has 0 unspecified atom stereocenters. The van der Waals surface area contributed by atoms with E-state index in [0.717, 1.165) is 0 Å². The first-order valence-corrected chi connectivity index (χ1v) is 4.48. The molecule has 6 nitrogen and oxygen atoms in total. The summed E-state index contributed by atoms with van der Waals surface area (Å²) < 4.78 is 10.3. The highest BCUT2D eigenvalue weighted by Gasteiger charge is 2.24. The van der Waals surface area contributed by atoms with Crippen LogP contribution in [0.4, 0.5) is 0 Å². The monoisotopic (exact) mass is 310 g/mol. The summed E-state index contributed by atoms with van der Waals surface area (Å²) in [5, 5.41) is 0. The second-order valence-corrected chi connectivity index (χ2v) is 3.28. The number of halogens is 1. The molecule has 7 heteroatoms. The van der Waals surface area contributed by atoms with Gasteiger partial charge in [0.05, 0.1) is 37.1 Å². The van der Waals surface area contributed by atoms with Crippen LogP contribution in [0, 0.1) is 0 Å². The minimum absolute atomic E-state index is 0.0475. The molecule has 0 atom stereocenters. The van der Waals surface area contributed by atoms with Crippen molar-refractivity contribution in [1.29, 1.82) is 0 Å². The molecule has 0 bridgehead atoms. The van der Waals surface area contributed by atoms with Crippen LogP contribution in [0.3, 0.4) is 0 Å². The summed E-state index contributed by atoms with van der Waals surface area (Å²) >= 11 is 1.81. The standard InChI is InChI=1S/C7H7IN2O4/c1-13-6(11)4-5(7(12)14-2)10(8)3-9-4/h3H,1-2H3. The maximum Gasteiger partial charge on any atom is 0.359 e. The first-order valence-electron chi connectivity index (χ1n) is 3.52. The van der Waals surface area contributed by atoms with Gasteiger partial charge in [0.2, 0.25) is 0 Å². The molecule has 0 N–H and O–H groups in total. The quantitative estimate of drug-likeness (QED) is 0.593. The fourth-order valence-electron chi connectivity index (χ4n) is 0.855. The van der Waals surface area contributed by atoms with Gasteiger partial charge in [-0.2, -0.15) is 0 Å². The van der Waals surface area contributed by atoms with Crippen LogP contribution in [0.1, 0.15) is 21.0 Å². The molecule has 14 heavy (non-hydrogen) atoms. The van der Waals surface area contributed by atoms with Crippen LogP contribution in [-0.2, 0) is 9.47 Å². The number of esters is 2. The van der Waals surface area contributed by atoms with Crippen molar-refractivity contribution >= 4 is 34.8 Å². The Kier molecular flexibility index (Phi) is 3.44. The molecule has 0 fully saturated rings. The van der Waals surface area contributed by atoms with Crippen LogP contribution in [0.15, 0.2) is 6.33 Å². The lowest BCUT2D eigenvalue weighted by Crippen LogP contribution is -2.12. The van der Waals surface area contributed by atoms with E-state index in [0.29, 0.717) is 0 Å². The van der Waals surface area contributed by atoms with Crippen molar-refractivity contribution in [2.45, 2.75) is 0 Å². The average Bonchev–Trinajstić information content (AvgIpc) is 2.58. The summed E-state index contributed by atoms with van der Waals surface area (Å²) in [5.74, 6) is -1.29. The Hall–Kier alpha value is -1.12. The maximum atomic E-state index is 11.2. The number of hydrogen-bond acceptors (Lipinski definition) is 5. The van der Waals surface area contributed by atoms with Gasteiger partial charge in [-0.15, -0.1) is 0 Å². The molecular weight excluding hydrogens is 303 g/mol. The highest BCUT2D eigenvalue weighted by atomic mass is 127. The average molecular weight is 310 g/mol. The van der Waals surface area contributed by atoms with Gasteiger partial charge < -0.3 is 9.47 Å². The molecule has 0 saturated heterocycles. The number of carbonyl (C=O) groups is 2. The minimum Gasteiger partial charge on any atom is -0.464 e. The number of hydrogen-bond donors (Lipinski definition) is 0. The van der Waals surface area contributed by atoms with E-state index in [-0.39, 0.29) is 11.4 Å². The van der Waals surface area contributed by atoms with Crippen LogP contribution >= 0.6 is 22.9 Å². The Labute approximate surface area is 93.7 Å². The molecule has 0 aromatic carbocycles. The summed E-state index contributed by atoms with van der Waals surface area (Å²) in [4.78, 5) is 26.1. The lowest BCUT2D eigenvalue weighted by Gasteiger charge is -2.00. The molecule has 0 saturated carbocycles. The van der Waals surface area contributed by atoms with Gasteiger partial charge in [0.25, 0.3) is 0 Å². The van der Waals surface area contributed by atoms with Crippen molar-refractivity contribution in [3.8, 4) is 0 Å². The van der Waals surface area contributed by atoms with Crippen molar-refractivity contribution in [2.24, 2.45) is 0 Å². The van der Waals surface area contributed by atoms with E-state index in [1.165, 1.54) is 23.3 Å². The van der Waals surface area contributed by atoms with E-state index in [1.807, 2.05) is 22.9 Å². The van der Waals surface area contributed by atoms with Gasteiger partial charge in [-0.1, -0.05) is 0 Å². The van der Waals surface area contributed by atoms with E-state index in [2.05, 4.69) is 14.5 Å². The van der Waals surface area contributed by atoms with Crippen molar-refractivity contribution in [3.63, 3.8) is 0 Å². The summed E-state index contributed by atoms with van der Waals surface area (Å²) in [6.07, 6.45) is 1.33. The molecule has 1 rings (SSSR count). The SMILES string of the molecule is COC(=O)c1ncn(I)c1C(=O)OC. The molecule has 1 aromatic heterocycles. The summed E-state index contributed by atoms with van der Waals surface area (Å²) in [5.41, 5.74) is 0.0219. The smallest absolute Gasteiger partial charge is 0.359 e. The fourth-order valence-corrected chi connectivity index (χ4v) is 1.41. The zero-order valence-electron chi connectivity index (χ0n) is 7.48.